The molecule has 1 aliphatic carbocycles. The Kier molecular flexibility index (Phi) is 3.68. The molecule has 2 aliphatic heterocycles. The zero-order chi connectivity index (χ0) is 15.3. The van der Waals surface area contributed by atoms with Crippen LogP contribution in [0.5, 0.6) is 0 Å². The summed E-state index contributed by atoms with van der Waals surface area (Å²) in [5.41, 5.74) is -2.74. The monoisotopic (exact) mass is 306 g/mol. The summed E-state index contributed by atoms with van der Waals surface area (Å²) in [4.78, 5) is 13.6. The summed E-state index contributed by atoms with van der Waals surface area (Å²) in [6.45, 7) is -0.662. The van der Waals surface area contributed by atoms with Crippen LogP contribution in [-0.4, -0.2) is 52.9 Å². The zero-order valence-corrected chi connectivity index (χ0v) is 11.8. The number of hydrogen-bond donors (Lipinski definition) is 2. The number of rotatable bonds is 1. The number of β-amino-alcohol motifs (C(OH)–C–C–N with tert-alkyl or cyclic N) is 1. The highest BCUT2D eigenvalue weighted by molar-refractivity contribution is 5.82. The number of nitrogens with zero attached hydrogens (tertiary/aromatic N) is 1. The van der Waals surface area contributed by atoms with Gasteiger partial charge in [0, 0.05) is 19.0 Å². The molecular formula is C14H21F3N2O2. The Bertz CT molecular complexity index is 415. The largest absolute Gasteiger partial charge is 0.419 e. The second-order valence-electron chi connectivity index (χ2n) is 6.65. The Morgan fingerprint density at radius 3 is 2.62 bits per heavy atom. The molecule has 4 atom stereocenters. The molecule has 3 fully saturated rings. The average molecular weight is 306 g/mol. The van der Waals surface area contributed by atoms with Gasteiger partial charge in [-0.25, -0.2) is 0 Å². The maximum atomic E-state index is 12.8. The highest BCUT2D eigenvalue weighted by Crippen LogP contribution is 2.39. The third-order valence-electron chi connectivity index (χ3n) is 5.25. The third kappa shape index (κ3) is 2.65. The van der Waals surface area contributed by atoms with Gasteiger partial charge in [0.15, 0.2) is 5.60 Å². The van der Waals surface area contributed by atoms with Gasteiger partial charge in [0.2, 0.25) is 5.91 Å². The van der Waals surface area contributed by atoms with Crippen molar-refractivity contribution in [3.63, 3.8) is 0 Å². The van der Waals surface area contributed by atoms with Crippen LogP contribution in [-0.2, 0) is 4.79 Å². The van der Waals surface area contributed by atoms with Gasteiger partial charge in [0.1, 0.15) is 0 Å². The summed E-state index contributed by atoms with van der Waals surface area (Å²) in [7, 11) is 0. The van der Waals surface area contributed by atoms with Gasteiger partial charge in [-0.2, -0.15) is 13.2 Å². The van der Waals surface area contributed by atoms with Crippen molar-refractivity contribution in [2.75, 3.05) is 13.1 Å². The molecular weight excluding hydrogens is 285 g/mol. The van der Waals surface area contributed by atoms with Crippen LogP contribution in [0.4, 0.5) is 13.2 Å². The molecule has 0 aromatic carbocycles. The Labute approximate surface area is 121 Å². The van der Waals surface area contributed by atoms with E-state index in [0.717, 1.165) is 19.3 Å². The Balaban J connectivity index is 1.62. The number of alkyl halides is 3. The number of nitrogens with one attached hydrogen (secondary N) is 1. The van der Waals surface area contributed by atoms with Crippen LogP contribution >= 0.6 is 0 Å². The zero-order valence-electron chi connectivity index (χ0n) is 11.8. The van der Waals surface area contributed by atoms with Crippen molar-refractivity contribution in [1.82, 2.24) is 10.2 Å². The van der Waals surface area contributed by atoms with Gasteiger partial charge in [-0.15, -0.1) is 0 Å². The van der Waals surface area contributed by atoms with Gasteiger partial charge in [-0.1, -0.05) is 12.8 Å². The van der Waals surface area contributed by atoms with Gasteiger partial charge >= 0.3 is 6.18 Å². The first-order chi connectivity index (χ1) is 9.80. The lowest BCUT2D eigenvalue weighted by atomic mass is 9.85. The van der Waals surface area contributed by atoms with Crippen molar-refractivity contribution in [1.29, 1.82) is 0 Å². The average Bonchev–Trinajstić information content (AvgIpc) is 3.01. The number of halogens is 3. The van der Waals surface area contributed by atoms with Crippen LogP contribution in [0, 0.1) is 5.92 Å². The van der Waals surface area contributed by atoms with Crippen LogP contribution in [0.1, 0.15) is 38.5 Å². The lowest BCUT2D eigenvalue weighted by Gasteiger charge is -2.27. The summed E-state index contributed by atoms with van der Waals surface area (Å²) in [5, 5.41) is 12.9. The van der Waals surface area contributed by atoms with E-state index in [4.69, 9.17) is 0 Å². The molecule has 2 N–H and O–H groups in total. The number of hydrogen-bond acceptors (Lipinski definition) is 3. The molecule has 120 valence electrons. The maximum Gasteiger partial charge on any atom is 0.419 e. The molecule has 0 radical (unpaired) electrons. The standard InChI is InChI=1S/C14H21F3N2O2/c15-14(16,17)13(21)5-6-19(8-13)12(20)11-7-9-3-1-2-4-10(9)18-11/h9-11,18,21H,1-8H2. The minimum atomic E-state index is -4.68. The van der Waals surface area contributed by atoms with E-state index in [1.165, 1.54) is 11.3 Å². The first-order valence-corrected chi connectivity index (χ1v) is 7.64. The van der Waals surface area contributed by atoms with Gasteiger partial charge in [0.25, 0.3) is 0 Å². The fraction of sp³-hybridized carbons (Fsp3) is 0.929. The molecule has 3 rings (SSSR count). The molecule has 3 aliphatic rings. The van der Waals surface area contributed by atoms with Gasteiger partial charge in [-0.05, 0) is 25.2 Å². The smallest absolute Gasteiger partial charge is 0.379 e. The Morgan fingerprint density at radius 1 is 1.29 bits per heavy atom. The van der Waals surface area contributed by atoms with Crippen molar-refractivity contribution in [3.05, 3.63) is 0 Å². The van der Waals surface area contributed by atoms with Crippen molar-refractivity contribution in [2.45, 2.75) is 62.4 Å². The third-order valence-corrected chi connectivity index (χ3v) is 5.25. The fourth-order valence-electron chi connectivity index (χ4n) is 3.94. The van der Waals surface area contributed by atoms with Crippen molar-refractivity contribution < 1.29 is 23.1 Å². The van der Waals surface area contributed by atoms with E-state index in [9.17, 15) is 23.1 Å². The summed E-state index contributed by atoms with van der Waals surface area (Å²) in [6.07, 6.45) is 0.0498. The minimum Gasteiger partial charge on any atom is -0.379 e. The van der Waals surface area contributed by atoms with Crippen molar-refractivity contribution in [3.8, 4) is 0 Å². The number of amides is 1. The van der Waals surface area contributed by atoms with Gasteiger partial charge in [-0.3, -0.25) is 4.79 Å². The predicted octanol–water partition coefficient (Wildman–Crippen LogP) is 1.43. The molecule has 1 saturated carbocycles. The molecule has 7 heteroatoms. The summed E-state index contributed by atoms with van der Waals surface area (Å²) >= 11 is 0. The number of aliphatic hydroxyl groups is 1. The number of fused-ring (bicyclic) bond motifs is 1. The summed E-state index contributed by atoms with van der Waals surface area (Å²) in [6, 6.07) is -0.0505. The van der Waals surface area contributed by atoms with Crippen molar-refractivity contribution >= 4 is 5.91 Å². The van der Waals surface area contributed by atoms with Crippen LogP contribution < -0.4 is 5.32 Å². The first kappa shape index (κ1) is 15.1. The van der Waals surface area contributed by atoms with Crippen molar-refractivity contribution in [2.24, 2.45) is 5.92 Å². The lowest BCUT2D eigenvalue weighted by Crippen LogP contribution is -2.50. The molecule has 0 spiro atoms. The molecule has 0 bridgehead atoms. The normalized spacial score (nSPS) is 40.4. The molecule has 4 nitrogen and oxygen atoms in total. The molecule has 21 heavy (non-hydrogen) atoms. The van der Waals surface area contributed by atoms with E-state index in [1.807, 2.05) is 0 Å². The van der Waals surface area contributed by atoms with Crippen LogP contribution in [0.25, 0.3) is 0 Å². The number of carbonyl (C=O) groups excluding carboxylic acids is 1. The fourth-order valence-corrected chi connectivity index (χ4v) is 3.94. The number of likely N-dealkylation sites (tertiary alicyclic amines) is 1. The molecule has 2 heterocycles. The summed E-state index contributed by atoms with van der Waals surface area (Å²) < 4.78 is 38.4. The van der Waals surface area contributed by atoms with Crippen LogP contribution in [0.2, 0.25) is 0 Å². The summed E-state index contributed by atoms with van der Waals surface area (Å²) in [5.74, 6) is 0.182. The Hall–Kier alpha value is -0.820. The van der Waals surface area contributed by atoms with E-state index < -0.39 is 24.7 Å². The maximum absolute atomic E-state index is 12.8. The van der Waals surface area contributed by atoms with Crippen LogP contribution in [0.3, 0.4) is 0 Å². The van der Waals surface area contributed by atoms with E-state index in [-0.39, 0.29) is 18.5 Å². The van der Waals surface area contributed by atoms with Gasteiger partial charge < -0.3 is 15.3 Å². The first-order valence-electron chi connectivity index (χ1n) is 7.64. The highest BCUT2D eigenvalue weighted by Gasteiger charge is 2.58. The SMILES string of the molecule is O=C(C1CC2CCCCC2N1)N1CCC(O)(C(F)(F)F)C1. The lowest BCUT2D eigenvalue weighted by molar-refractivity contribution is -0.253. The van der Waals surface area contributed by atoms with Crippen LogP contribution in [0.15, 0.2) is 0 Å². The second kappa shape index (κ2) is 5.12. The van der Waals surface area contributed by atoms with E-state index in [1.54, 1.807) is 0 Å². The molecule has 0 aromatic rings. The van der Waals surface area contributed by atoms with E-state index in [2.05, 4.69) is 5.32 Å². The van der Waals surface area contributed by atoms with E-state index >= 15 is 0 Å². The minimum absolute atomic E-state index is 0.0254. The van der Waals surface area contributed by atoms with E-state index in [0.29, 0.717) is 18.4 Å². The van der Waals surface area contributed by atoms with Gasteiger partial charge in [0.05, 0.1) is 12.6 Å². The number of carbonyl (C=O) groups is 1. The quantitative estimate of drug-likeness (QED) is 0.770. The molecule has 1 amide bonds. The molecule has 2 saturated heterocycles. The topological polar surface area (TPSA) is 52.6 Å². The molecule has 0 aromatic heterocycles. The molecule has 4 unspecified atom stereocenters. The predicted molar refractivity (Wildman–Crippen MR) is 69.5 cm³/mol. The highest BCUT2D eigenvalue weighted by atomic mass is 19.4. The Morgan fingerprint density at radius 2 is 2.00 bits per heavy atom. The second-order valence-corrected chi connectivity index (χ2v) is 6.65.